The number of fused-ring (bicyclic) bond motifs is 5. The molecule has 5 aromatic rings. The minimum absolute atomic E-state index is 0.157. The van der Waals surface area contributed by atoms with Gasteiger partial charge in [-0.05, 0) is 54.2 Å². The summed E-state index contributed by atoms with van der Waals surface area (Å²) < 4.78 is 7.90. The standard InChI is InChI=1S/C33H29BrN10O4/c1-17(45)30-21-10-22(20-13-35-18(2)36-14-20)37-15-24(21)43(42-30)16-29(46)44-23-11-33(12-25(33)44)8-4-3-5-27-40-41-28(48-27)9-19-6-7-26(34)38-31(19)39-32(23)47/h4,6-8,10,13-15,23,25H,3,5,9,11-12,16H2,1-2H3,(H,38,39,47)/b8-4+/t23-,25+,33-/m0/s1. The van der Waals surface area contributed by atoms with Crippen LogP contribution in [0.25, 0.3) is 22.2 Å². The highest BCUT2D eigenvalue weighted by Crippen LogP contribution is 2.61. The molecule has 242 valence electrons. The Bertz CT molecular complexity index is 2160. The summed E-state index contributed by atoms with van der Waals surface area (Å²) in [7, 11) is 0. The molecular formula is C33H29BrN10O4. The summed E-state index contributed by atoms with van der Waals surface area (Å²) in [6.45, 7) is 3.06. The van der Waals surface area contributed by atoms with Gasteiger partial charge in [-0.15, -0.1) is 10.2 Å². The minimum Gasteiger partial charge on any atom is -0.425 e. The van der Waals surface area contributed by atoms with Crippen LogP contribution in [0.4, 0.5) is 5.82 Å². The van der Waals surface area contributed by atoms with Crippen LogP contribution >= 0.6 is 15.9 Å². The fourth-order valence-corrected chi connectivity index (χ4v) is 7.10. The van der Waals surface area contributed by atoms with Gasteiger partial charge in [0.15, 0.2) is 5.78 Å². The van der Waals surface area contributed by atoms with Crippen LogP contribution in [0.5, 0.6) is 0 Å². The Morgan fingerprint density at radius 2 is 1.92 bits per heavy atom. The number of anilines is 1. The highest BCUT2D eigenvalue weighted by atomic mass is 79.9. The average Bonchev–Trinajstić information content (AvgIpc) is 3.33. The number of piperidine rings is 1. The number of carbonyl (C=O) groups excluding carboxylic acids is 3. The van der Waals surface area contributed by atoms with Crippen molar-refractivity contribution in [2.45, 2.75) is 64.6 Å². The number of nitrogens with one attached hydrogen (secondary N) is 1. The molecule has 3 aliphatic rings. The van der Waals surface area contributed by atoms with Crippen molar-refractivity contribution in [2.24, 2.45) is 5.41 Å². The van der Waals surface area contributed by atoms with Crippen LogP contribution in [0.3, 0.4) is 0 Å². The van der Waals surface area contributed by atoms with Crippen molar-refractivity contribution in [1.29, 1.82) is 0 Å². The Morgan fingerprint density at radius 3 is 2.73 bits per heavy atom. The van der Waals surface area contributed by atoms with Crippen LogP contribution in [0.1, 0.15) is 59.8 Å². The molecule has 7 heterocycles. The van der Waals surface area contributed by atoms with Crippen molar-refractivity contribution < 1.29 is 18.8 Å². The molecule has 15 heteroatoms. The van der Waals surface area contributed by atoms with E-state index >= 15 is 0 Å². The largest absolute Gasteiger partial charge is 0.425 e. The van der Waals surface area contributed by atoms with Crippen LogP contribution < -0.4 is 5.32 Å². The SMILES string of the molecule is CC(=O)c1nn(CC(=O)N2[C@H]3C[C@@]4(/C=C/CCc5nnc(o5)Cc5ccc(Br)nc5NC3=O)C[C@@H]24)c2cnc(-c3cnc(C)nc3)cc12. The highest BCUT2D eigenvalue weighted by molar-refractivity contribution is 9.10. The van der Waals surface area contributed by atoms with E-state index in [1.165, 1.54) is 11.6 Å². The number of carbonyl (C=O) groups is 3. The summed E-state index contributed by atoms with van der Waals surface area (Å²) in [6.07, 6.45) is 11.9. The first-order chi connectivity index (χ1) is 23.2. The first kappa shape index (κ1) is 30.2. The number of Topliss-reactive ketones (excluding diaryl/α,β-unsaturated/α-hetero) is 1. The van der Waals surface area contributed by atoms with Gasteiger partial charge in [-0.3, -0.25) is 24.0 Å². The molecule has 1 saturated heterocycles. The fourth-order valence-electron chi connectivity index (χ4n) is 6.79. The number of nitrogens with zero attached hydrogens (tertiary/aromatic N) is 9. The molecule has 8 rings (SSSR count). The van der Waals surface area contributed by atoms with Gasteiger partial charge in [0, 0.05) is 53.7 Å². The second-order valence-corrected chi connectivity index (χ2v) is 13.3. The van der Waals surface area contributed by atoms with Gasteiger partial charge in [-0.25, -0.2) is 15.0 Å². The summed E-state index contributed by atoms with van der Waals surface area (Å²) >= 11 is 3.41. The van der Waals surface area contributed by atoms with Crippen LogP contribution in [0, 0.1) is 12.3 Å². The lowest BCUT2D eigenvalue weighted by molar-refractivity contribution is -0.138. The quantitative estimate of drug-likeness (QED) is 0.162. The topological polar surface area (TPSA) is 175 Å². The summed E-state index contributed by atoms with van der Waals surface area (Å²) in [6, 6.07) is 4.49. The van der Waals surface area contributed by atoms with E-state index < -0.39 is 6.04 Å². The van der Waals surface area contributed by atoms with E-state index in [2.05, 4.69) is 68.6 Å². The molecule has 3 atom stereocenters. The van der Waals surface area contributed by atoms with Crippen molar-refractivity contribution in [2.75, 3.05) is 5.32 Å². The zero-order valence-electron chi connectivity index (χ0n) is 26.1. The molecular weight excluding hydrogens is 680 g/mol. The number of rotatable bonds is 4. The van der Waals surface area contributed by atoms with Crippen molar-refractivity contribution in [3.8, 4) is 11.3 Å². The van der Waals surface area contributed by atoms with Gasteiger partial charge in [0.2, 0.25) is 23.6 Å². The fraction of sp³-hybridized carbons (Fsp3) is 0.333. The predicted molar refractivity (Wildman–Crippen MR) is 175 cm³/mol. The van der Waals surface area contributed by atoms with E-state index in [0.717, 1.165) is 6.42 Å². The van der Waals surface area contributed by atoms with Gasteiger partial charge >= 0.3 is 0 Å². The molecule has 4 bridgehead atoms. The van der Waals surface area contributed by atoms with E-state index in [1.54, 1.807) is 42.5 Å². The zero-order chi connectivity index (χ0) is 33.2. The Balaban J connectivity index is 1.12. The first-order valence-corrected chi connectivity index (χ1v) is 16.4. The van der Waals surface area contributed by atoms with Crippen LogP contribution in [-0.2, 0) is 29.0 Å². The number of likely N-dealkylation sites (tertiary alicyclic amines) is 1. The molecule has 0 radical (unpaired) electrons. The van der Waals surface area contributed by atoms with Crippen molar-refractivity contribution in [3.05, 3.63) is 82.4 Å². The Labute approximate surface area is 282 Å². The molecule has 1 saturated carbocycles. The van der Waals surface area contributed by atoms with Gasteiger partial charge in [0.05, 0.1) is 23.8 Å². The lowest BCUT2D eigenvalue weighted by Crippen LogP contribution is -2.47. The molecule has 5 aromatic heterocycles. The number of hydrogen-bond acceptors (Lipinski definition) is 11. The van der Waals surface area contributed by atoms with E-state index in [-0.39, 0.29) is 47.7 Å². The van der Waals surface area contributed by atoms with Crippen LogP contribution in [0.2, 0.25) is 0 Å². The van der Waals surface area contributed by atoms with Crippen molar-refractivity contribution >= 4 is 50.2 Å². The summed E-state index contributed by atoms with van der Waals surface area (Å²) in [5.41, 5.74) is 2.42. The maximum atomic E-state index is 14.2. The summed E-state index contributed by atoms with van der Waals surface area (Å²) in [4.78, 5) is 60.2. The lowest BCUT2D eigenvalue weighted by atomic mass is 9.98. The Hall–Kier alpha value is -5.18. The van der Waals surface area contributed by atoms with E-state index in [0.29, 0.717) is 75.0 Å². The van der Waals surface area contributed by atoms with Crippen LogP contribution in [0.15, 0.2) is 58.0 Å². The molecule has 2 fully saturated rings. The summed E-state index contributed by atoms with van der Waals surface area (Å²) in [5.74, 6) is 1.10. The zero-order valence-corrected chi connectivity index (χ0v) is 27.6. The van der Waals surface area contributed by atoms with Gasteiger partial charge in [0.1, 0.15) is 34.5 Å². The lowest BCUT2D eigenvalue weighted by Gasteiger charge is -2.27. The maximum absolute atomic E-state index is 14.2. The van der Waals surface area contributed by atoms with Crippen molar-refractivity contribution in [1.82, 2.24) is 44.8 Å². The molecule has 1 N–H and O–H groups in total. The number of ketones is 1. The van der Waals surface area contributed by atoms with Gasteiger partial charge < -0.3 is 14.6 Å². The molecule has 48 heavy (non-hydrogen) atoms. The minimum atomic E-state index is -0.741. The first-order valence-electron chi connectivity index (χ1n) is 15.6. The number of hydrogen-bond donors (Lipinski definition) is 1. The summed E-state index contributed by atoms with van der Waals surface area (Å²) in [5, 5.41) is 16.5. The number of aromatic nitrogens is 8. The Kier molecular flexibility index (Phi) is 7.23. The number of aryl methyl sites for hydroxylation is 2. The number of allylic oxidation sites excluding steroid dienone is 1. The van der Waals surface area contributed by atoms with Gasteiger partial charge in [0.25, 0.3) is 0 Å². The molecule has 2 amide bonds. The van der Waals surface area contributed by atoms with Crippen molar-refractivity contribution in [3.63, 3.8) is 0 Å². The molecule has 1 spiro atoms. The van der Waals surface area contributed by atoms with E-state index in [1.807, 2.05) is 6.07 Å². The van der Waals surface area contributed by atoms with Gasteiger partial charge in [-0.1, -0.05) is 18.2 Å². The average molecular weight is 710 g/mol. The molecule has 1 aliphatic carbocycles. The molecule has 0 aromatic carbocycles. The monoisotopic (exact) mass is 708 g/mol. The number of amides is 2. The number of halogens is 1. The predicted octanol–water partition coefficient (Wildman–Crippen LogP) is 4.03. The maximum Gasteiger partial charge on any atom is 0.248 e. The smallest absolute Gasteiger partial charge is 0.248 e. The van der Waals surface area contributed by atoms with E-state index in [4.69, 9.17) is 4.42 Å². The third-order valence-electron chi connectivity index (χ3n) is 9.26. The van der Waals surface area contributed by atoms with Crippen LogP contribution in [-0.4, -0.2) is 74.5 Å². The second kappa shape index (κ2) is 11.5. The third kappa shape index (κ3) is 5.37. The third-order valence-corrected chi connectivity index (χ3v) is 9.70. The van der Waals surface area contributed by atoms with E-state index in [9.17, 15) is 14.4 Å². The Morgan fingerprint density at radius 1 is 1.10 bits per heavy atom. The second-order valence-electron chi connectivity index (χ2n) is 12.5. The molecule has 0 unspecified atom stereocenters. The normalized spacial score (nSPS) is 22.3. The highest BCUT2D eigenvalue weighted by Gasteiger charge is 2.65. The molecule has 2 aliphatic heterocycles. The van der Waals surface area contributed by atoms with Gasteiger partial charge in [-0.2, -0.15) is 5.10 Å². The molecule has 14 nitrogen and oxygen atoms in total. The number of pyridine rings is 2.